The van der Waals surface area contributed by atoms with Crippen molar-refractivity contribution in [1.82, 2.24) is 15.0 Å². The van der Waals surface area contributed by atoms with E-state index in [1.807, 2.05) is 29.9 Å². The molecule has 0 aliphatic heterocycles. The second-order valence-electron chi connectivity index (χ2n) is 3.13. The highest BCUT2D eigenvalue weighted by atomic mass is 32.1. The molecule has 1 aromatic carbocycles. The van der Waals surface area contributed by atoms with Crippen molar-refractivity contribution in [2.75, 3.05) is 0 Å². The van der Waals surface area contributed by atoms with E-state index in [4.69, 9.17) is 0 Å². The molecule has 0 amide bonds. The first kappa shape index (κ1) is 8.49. The summed E-state index contributed by atoms with van der Waals surface area (Å²) in [5, 5.41) is 4.05. The van der Waals surface area contributed by atoms with Crippen LogP contribution in [0.1, 0.15) is 0 Å². The Bertz CT molecular complexity index is 590. The second kappa shape index (κ2) is 3.40. The average molecular weight is 213 g/mol. The van der Waals surface area contributed by atoms with Crippen LogP contribution < -0.4 is 0 Å². The molecule has 3 rings (SSSR count). The molecule has 0 saturated heterocycles. The van der Waals surface area contributed by atoms with Crippen molar-refractivity contribution >= 4 is 22.2 Å². The van der Waals surface area contributed by atoms with Crippen LogP contribution in [0.2, 0.25) is 0 Å². The molecule has 0 aliphatic carbocycles. The largest absolute Gasteiger partial charge is 0.245 e. The monoisotopic (exact) mass is 213 g/mol. The van der Waals surface area contributed by atoms with E-state index in [0.29, 0.717) is 0 Å². The fourth-order valence-corrected chi connectivity index (χ4v) is 2.12. The maximum absolute atomic E-state index is 4.27. The predicted octanol–water partition coefficient (Wildman–Crippen LogP) is 2.75. The number of hydrogen-bond donors (Lipinski definition) is 0. The van der Waals surface area contributed by atoms with Crippen molar-refractivity contribution in [1.29, 1.82) is 0 Å². The second-order valence-corrected chi connectivity index (χ2v) is 4.03. The lowest BCUT2D eigenvalue weighted by atomic mass is 10.1. The van der Waals surface area contributed by atoms with Crippen molar-refractivity contribution in [3.63, 3.8) is 0 Å². The Hall–Kier alpha value is -1.81. The molecule has 0 unspecified atom stereocenters. The normalized spacial score (nSPS) is 10.7. The van der Waals surface area contributed by atoms with Gasteiger partial charge in [0.1, 0.15) is 11.3 Å². The Labute approximate surface area is 90.5 Å². The van der Waals surface area contributed by atoms with Crippen LogP contribution in [-0.4, -0.2) is 15.0 Å². The summed E-state index contributed by atoms with van der Waals surface area (Å²) in [7, 11) is 0. The molecule has 0 bridgehead atoms. The minimum atomic E-state index is 0.963. The maximum atomic E-state index is 4.27. The van der Waals surface area contributed by atoms with Crippen LogP contribution >= 0.6 is 11.3 Å². The molecule has 4 heteroatoms. The minimum absolute atomic E-state index is 0.963. The van der Waals surface area contributed by atoms with Crippen LogP contribution in [0.5, 0.6) is 0 Å². The van der Waals surface area contributed by atoms with Crippen molar-refractivity contribution in [2.45, 2.75) is 0 Å². The molecular formula is C11H7N3S. The van der Waals surface area contributed by atoms with Gasteiger partial charge in [0.15, 0.2) is 0 Å². The number of rotatable bonds is 1. The van der Waals surface area contributed by atoms with Gasteiger partial charge in [0.2, 0.25) is 0 Å². The Kier molecular flexibility index (Phi) is 1.93. The highest BCUT2D eigenvalue weighted by molar-refractivity contribution is 7.13. The Morgan fingerprint density at radius 2 is 2.13 bits per heavy atom. The van der Waals surface area contributed by atoms with E-state index in [2.05, 4.69) is 21.0 Å². The lowest BCUT2D eigenvalue weighted by Gasteiger charge is -1.98. The van der Waals surface area contributed by atoms with E-state index in [0.717, 1.165) is 21.5 Å². The van der Waals surface area contributed by atoms with Gasteiger partial charge in [0.05, 0.1) is 5.52 Å². The maximum Gasteiger partial charge on any atom is 0.123 e. The highest BCUT2D eigenvalue weighted by Crippen LogP contribution is 2.24. The van der Waals surface area contributed by atoms with E-state index in [9.17, 15) is 0 Å². The summed E-state index contributed by atoms with van der Waals surface area (Å²) in [5.74, 6) is 0. The lowest BCUT2D eigenvalue weighted by Crippen LogP contribution is -1.82. The SMILES string of the molecule is c1csc(-c2ccc3ncncc3c2)n1. The van der Waals surface area contributed by atoms with Crippen LogP contribution in [0.15, 0.2) is 42.3 Å². The predicted molar refractivity (Wildman–Crippen MR) is 60.6 cm³/mol. The number of fused-ring (bicyclic) bond motifs is 1. The molecule has 0 atom stereocenters. The zero-order valence-electron chi connectivity index (χ0n) is 7.79. The first-order valence-corrected chi connectivity index (χ1v) is 5.41. The molecule has 0 saturated carbocycles. The van der Waals surface area contributed by atoms with Crippen LogP contribution in [0, 0.1) is 0 Å². The van der Waals surface area contributed by atoms with Crippen molar-refractivity contribution in [2.24, 2.45) is 0 Å². The fraction of sp³-hybridized carbons (Fsp3) is 0. The van der Waals surface area contributed by atoms with Gasteiger partial charge in [-0.05, 0) is 18.2 Å². The van der Waals surface area contributed by atoms with Crippen LogP contribution in [0.3, 0.4) is 0 Å². The van der Waals surface area contributed by atoms with Crippen LogP contribution in [-0.2, 0) is 0 Å². The smallest absolute Gasteiger partial charge is 0.123 e. The Morgan fingerprint density at radius 3 is 3.00 bits per heavy atom. The number of aromatic nitrogens is 3. The molecule has 72 valence electrons. The lowest BCUT2D eigenvalue weighted by molar-refractivity contribution is 1.22. The molecule has 15 heavy (non-hydrogen) atoms. The molecule has 0 radical (unpaired) electrons. The van der Waals surface area contributed by atoms with Gasteiger partial charge >= 0.3 is 0 Å². The van der Waals surface area contributed by atoms with E-state index in [-0.39, 0.29) is 0 Å². The van der Waals surface area contributed by atoms with Gasteiger partial charge in [-0.2, -0.15) is 0 Å². The molecule has 0 spiro atoms. The molecule has 2 aromatic heterocycles. The number of thiazole rings is 1. The number of benzene rings is 1. The van der Waals surface area contributed by atoms with Crippen molar-refractivity contribution < 1.29 is 0 Å². The first-order chi connectivity index (χ1) is 7.43. The number of hydrogen-bond acceptors (Lipinski definition) is 4. The summed E-state index contributed by atoms with van der Waals surface area (Å²) in [6.45, 7) is 0. The van der Waals surface area contributed by atoms with E-state index in [1.165, 1.54) is 0 Å². The number of nitrogens with zero attached hydrogens (tertiary/aromatic N) is 3. The highest BCUT2D eigenvalue weighted by Gasteiger charge is 2.01. The van der Waals surface area contributed by atoms with Crippen molar-refractivity contribution in [3.05, 3.63) is 42.3 Å². The van der Waals surface area contributed by atoms with E-state index < -0.39 is 0 Å². The molecule has 3 nitrogen and oxygen atoms in total. The molecule has 0 aliphatic rings. The summed E-state index contributed by atoms with van der Waals surface area (Å²) >= 11 is 1.63. The molecule has 2 heterocycles. The van der Waals surface area contributed by atoms with Gasteiger partial charge < -0.3 is 0 Å². The van der Waals surface area contributed by atoms with Gasteiger partial charge in [0.25, 0.3) is 0 Å². The quantitative estimate of drug-likeness (QED) is 0.624. The third-order valence-corrected chi connectivity index (χ3v) is 3.01. The zero-order valence-corrected chi connectivity index (χ0v) is 8.61. The summed E-state index contributed by atoms with van der Waals surface area (Å²) in [5.41, 5.74) is 2.08. The summed E-state index contributed by atoms with van der Waals surface area (Å²) in [6, 6.07) is 6.09. The van der Waals surface area contributed by atoms with Gasteiger partial charge in [-0.1, -0.05) is 0 Å². The first-order valence-electron chi connectivity index (χ1n) is 4.53. The van der Waals surface area contributed by atoms with Crippen LogP contribution in [0.4, 0.5) is 0 Å². The molecule has 3 aromatic rings. The van der Waals surface area contributed by atoms with Crippen LogP contribution in [0.25, 0.3) is 21.5 Å². The van der Waals surface area contributed by atoms with Gasteiger partial charge in [-0.25, -0.2) is 15.0 Å². The van der Waals surface area contributed by atoms with Gasteiger partial charge in [-0.15, -0.1) is 11.3 Å². The Balaban J connectivity index is 2.22. The third kappa shape index (κ3) is 1.49. The third-order valence-electron chi connectivity index (χ3n) is 2.18. The topological polar surface area (TPSA) is 38.7 Å². The minimum Gasteiger partial charge on any atom is -0.245 e. The van der Waals surface area contributed by atoms with Gasteiger partial charge in [0, 0.05) is 28.7 Å². The summed E-state index contributed by atoms with van der Waals surface area (Å²) in [6.07, 6.45) is 5.19. The standard InChI is InChI=1S/C11H7N3S/c1-2-10-9(6-12-7-14-10)5-8(1)11-13-3-4-15-11/h1-7H. The molecule has 0 N–H and O–H groups in total. The molecule has 0 fully saturated rings. The fourth-order valence-electron chi connectivity index (χ4n) is 1.48. The summed E-state index contributed by atoms with van der Waals surface area (Å²) in [4.78, 5) is 12.5. The zero-order chi connectivity index (χ0) is 10.1. The van der Waals surface area contributed by atoms with E-state index >= 15 is 0 Å². The van der Waals surface area contributed by atoms with Gasteiger partial charge in [-0.3, -0.25) is 0 Å². The Morgan fingerprint density at radius 1 is 1.13 bits per heavy atom. The van der Waals surface area contributed by atoms with E-state index in [1.54, 1.807) is 17.7 Å². The summed E-state index contributed by atoms with van der Waals surface area (Å²) < 4.78 is 0. The average Bonchev–Trinajstić information content (AvgIpc) is 2.82. The molecular weight excluding hydrogens is 206 g/mol. The van der Waals surface area contributed by atoms with Crippen molar-refractivity contribution in [3.8, 4) is 10.6 Å².